The molecule has 3 nitrogen and oxygen atoms in total. The Morgan fingerprint density at radius 3 is 3.00 bits per heavy atom. The molecule has 0 saturated carbocycles. The summed E-state index contributed by atoms with van der Waals surface area (Å²) in [6.45, 7) is 1.25. The van der Waals surface area contributed by atoms with Crippen molar-refractivity contribution in [1.29, 1.82) is 0 Å². The summed E-state index contributed by atoms with van der Waals surface area (Å²) in [7, 11) is 0. The van der Waals surface area contributed by atoms with E-state index in [-0.39, 0.29) is 11.9 Å². The number of benzene rings is 1. The number of hydrogen-bond acceptors (Lipinski definition) is 3. The maximum Gasteiger partial charge on any atom is 0.139 e. The van der Waals surface area contributed by atoms with Crippen LogP contribution < -0.4 is 4.90 Å². The van der Waals surface area contributed by atoms with Crippen LogP contribution in [0.4, 0.5) is 10.2 Å². The Labute approximate surface area is 98.5 Å². The topological polar surface area (TPSA) is 36.4 Å². The number of aliphatic hydroxyl groups is 1. The van der Waals surface area contributed by atoms with Gasteiger partial charge < -0.3 is 10.0 Å². The minimum absolute atomic E-state index is 0.257. The third kappa shape index (κ3) is 1.74. The molecule has 1 atom stereocenters. The van der Waals surface area contributed by atoms with Crippen LogP contribution in [0, 0.1) is 5.82 Å². The molecule has 1 aliphatic rings. The van der Waals surface area contributed by atoms with Gasteiger partial charge in [-0.2, -0.15) is 0 Å². The molecule has 0 spiro atoms. The zero-order valence-corrected chi connectivity index (χ0v) is 9.31. The van der Waals surface area contributed by atoms with Crippen LogP contribution in [0.25, 0.3) is 10.8 Å². The Bertz CT molecular complexity index is 553. The van der Waals surface area contributed by atoms with E-state index in [1.165, 1.54) is 6.07 Å². The molecule has 1 fully saturated rings. The number of aromatic nitrogens is 1. The van der Waals surface area contributed by atoms with Gasteiger partial charge >= 0.3 is 0 Å². The van der Waals surface area contributed by atoms with E-state index < -0.39 is 0 Å². The minimum atomic E-state index is -0.334. The highest BCUT2D eigenvalue weighted by Crippen LogP contribution is 2.29. The van der Waals surface area contributed by atoms with Crippen molar-refractivity contribution in [3.8, 4) is 0 Å². The van der Waals surface area contributed by atoms with Crippen molar-refractivity contribution in [2.75, 3.05) is 18.0 Å². The fraction of sp³-hybridized carbons (Fsp3) is 0.308. The van der Waals surface area contributed by atoms with Crippen LogP contribution in [-0.4, -0.2) is 29.3 Å². The summed E-state index contributed by atoms with van der Waals surface area (Å²) >= 11 is 0. The highest BCUT2D eigenvalue weighted by Gasteiger charge is 2.23. The molecule has 4 heteroatoms. The Hall–Kier alpha value is -1.68. The van der Waals surface area contributed by atoms with E-state index in [1.54, 1.807) is 18.3 Å². The molecule has 0 radical (unpaired) electrons. The first-order chi connectivity index (χ1) is 8.25. The van der Waals surface area contributed by atoms with Crippen molar-refractivity contribution in [3.63, 3.8) is 0 Å². The van der Waals surface area contributed by atoms with E-state index >= 15 is 0 Å². The SMILES string of the molecule is OC1CCN(c2nccc3cccc(F)c23)C1. The number of rotatable bonds is 1. The van der Waals surface area contributed by atoms with Gasteiger partial charge in [0.15, 0.2) is 0 Å². The summed E-state index contributed by atoms with van der Waals surface area (Å²) in [5.41, 5.74) is 0. The first-order valence-electron chi connectivity index (χ1n) is 5.72. The highest BCUT2D eigenvalue weighted by molar-refractivity contribution is 5.92. The number of aliphatic hydroxyl groups excluding tert-OH is 1. The van der Waals surface area contributed by atoms with E-state index in [4.69, 9.17) is 0 Å². The Morgan fingerprint density at radius 1 is 1.35 bits per heavy atom. The van der Waals surface area contributed by atoms with Gasteiger partial charge in [0.1, 0.15) is 11.6 Å². The molecule has 1 aromatic carbocycles. The van der Waals surface area contributed by atoms with Crippen molar-refractivity contribution in [2.45, 2.75) is 12.5 Å². The van der Waals surface area contributed by atoms with E-state index in [0.29, 0.717) is 24.2 Å². The third-order valence-electron chi connectivity index (χ3n) is 3.18. The van der Waals surface area contributed by atoms with Crippen molar-refractivity contribution in [1.82, 2.24) is 4.98 Å². The van der Waals surface area contributed by atoms with E-state index in [9.17, 15) is 9.50 Å². The normalized spacial score (nSPS) is 20.1. The number of halogens is 1. The second-order valence-corrected chi connectivity index (χ2v) is 4.36. The molecule has 0 bridgehead atoms. The van der Waals surface area contributed by atoms with Crippen LogP contribution in [0.2, 0.25) is 0 Å². The lowest BCUT2D eigenvalue weighted by atomic mass is 10.1. The second-order valence-electron chi connectivity index (χ2n) is 4.36. The summed E-state index contributed by atoms with van der Waals surface area (Å²) in [4.78, 5) is 6.20. The fourth-order valence-electron chi connectivity index (χ4n) is 2.34. The van der Waals surface area contributed by atoms with E-state index in [1.807, 2.05) is 11.0 Å². The lowest BCUT2D eigenvalue weighted by Gasteiger charge is -2.18. The zero-order valence-electron chi connectivity index (χ0n) is 9.31. The second kappa shape index (κ2) is 3.96. The number of hydrogen-bond donors (Lipinski definition) is 1. The smallest absolute Gasteiger partial charge is 0.139 e. The average molecular weight is 232 g/mol. The third-order valence-corrected chi connectivity index (χ3v) is 3.18. The summed E-state index contributed by atoms with van der Waals surface area (Å²) in [5, 5.41) is 10.9. The molecule has 1 N–H and O–H groups in total. The van der Waals surface area contributed by atoms with Gasteiger partial charge in [-0.05, 0) is 23.9 Å². The Kier molecular flexibility index (Phi) is 2.44. The summed E-state index contributed by atoms with van der Waals surface area (Å²) in [6, 6.07) is 6.81. The van der Waals surface area contributed by atoms with Crippen LogP contribution in [0.15, 0.2) is 30.5 Å². The van der Waals surface area contributed by atoms with Gasteiger partial charge in [0.25, 0.3) is 0 Å². The summed E-state index contributed by atoms with van der Waals surface area (Å²) in [5.74, 6) is 0.379. The fourth-order valence-corrected chi connectivity index (χ4v) is 2.34. The van der Waals surface area contributed by atoms with Gasteiger partial charge in [-0.1, -0.05) is 12.1 Å². The molecule has 0 amide bonds. The van der Waals surface area contributed by atoms with Crippen molar-refractivity contribution in [3.05, 3.63) is 36.3 Å². The molecule has 3 rings (SSSR count). The quantitative estimate of drug-likeness (QED) is 0.816. The van der Waals surface area contributed by atoms with Crippen LogP contribution in [0.1, 0.15) is 6.42 Å². The van der Waals surface area contributed by atoms with Gasteiger partial charge in [0, 0.05) is 19.3 Å². The van der Waals surface area contributed by atoms with Gasteiger partial charge in [0.05, 0.1) is 11.5 Å². The Balaban J connectivity index is 2.16. The lowest BCUT2D eigenvalue weighted by molar-refractivity contribution is 0.198. The maximum atomic E-state index is 13.9. The molecule has 1 unspecified atom stereocenters. The van der Waals surface area contributed by atoms with Gasteiger partial charge in [-0.3, -0.25) is 0 Å². The molecule has 88 valence electrons. The van der Waals surface area contributed by atoms with Crippen LogP contribution >= 0.6 is 0 Å². The Morgan fingerprint density at radius 2 is 2.24 bits per heavy atom. The monoisotopic (exact) mass is 232 g/mol. The molecular weight excluding hydrogens is 219 g/mol. The van der Waals surface area contributed by atoms with E-state index in [2.05, 4.69) is 4.98 Å². The molecule has 0 aliphatic carbocycles. The lowest BCUT2D eigenvalue weighted by Crippen LogP contribution is -2.22. The molecule has 1 saturated heterocycles. The molecule has 17 heavy (non-hydrogen) atoms. The number of β-amino-alcohol motifs (C(OH)–C–C–N with tert-alkyl or cyclic N) is 1. The largest absolute Gasteiger partial charge is 0.391 e. The van der Waals surface area contributed by atoms with Gasteiger partial charge in [-0.25, -0.2) is 9.37 Å². The predicted molar refractivity (Wildman–Crippen MR) is 64.5 cm³/mol. The van der Waals surface area contributed by atoms with Crippen molar-refractivity contribution >= 4 is 16.6 Å². The van der Waals surface area contributed by atoms with Gasteiger partial charge in [0.2, 0.25) is 0 Å². The number of nitrogens with zero attached hydrogens (tertiary/aromatic N) is 2. The first kappa shape index (κ1) is 10.5. The number of anilines is 1. The predicted octanol–water partition coefficient (Wildman–Crippen LogP) is 1.94. The molecule has 2 heterocycles. The summed E-state index contributed by atoms with van der Waals surface area (Å²) < 4.78 is 13.9. The van der Waals surface area contributed by atoms with Crippen LogP contribution in [0.3, 0.4) is 0 Å². The standard InChI is InChI=1S/C13H13FN2O/c14-11-3-1-2-9-4-6-15-13(12(9)11)16-7-5-10(17)8-16/h1-4,6,10,17H,5,7-8H2. The molecule has 1 aromatic heterocycles. The van der Waals surface area contributed by atoms with Crippen LogP contribution in [-0.2, 0) is 0 Å². The van der Waals surface area contributed by atoms with Gasteiger partial charge in [-0.15, -0.1) is 0 Å². The molecule has 2 aromatic rings. The summed E-state index contributed by atoms with van der Waals surface area (Å²) in [6.07, 6.45) is 2.06. The highest BCUT2D eigenvalue weighted by atomic mass is 19.1. The van der Waals surface area contributed by atoms with Crippen LogP contribution in [0.5, 0.6) is 0 Å². The zero-order chi connectivity index (χ0) is 11.8. The molecule has 1 aliphatic heterocycles. The molecular formula is C13H13FN2O. The number of fused-ring (bicyclic) bond motifs is 1. The van der Waals surface area contributed by atoms with Crippen molar-refractivity contribution in [2.24, 2.45) is 0 Å². The van der Waals surface area contributed by atoms with Crippen molar-refractivity contribution < 1.29 is 9.50 Å². The average Bonchev–Trinajstić information content (AvgIpc) is 2.75. The number of pyridine rings is 1. The maximum absolute atomic E-state index is 13.9. The minimum Gasteiger partial charge on any atom is -0.391 e. The first-order valence-corrected chi connectivity index (χ1v) is 5.72. The van der Waals surface area contributed by atoms with E-state index in [0.717, 1.165) is 11.9 Å².